The Hall–Kier alpha value is -1.40. The molecule has 2 aromatic heterocycles. The Morgan fingerprint density at radius 3 is 3.10 bits per heavy atom. The number of carbonyl (C=O) groups excluding carboxylic acids is 1. The summed E-state index contributed by atoms with van der Waals surface area (Å²) in [6, 6.07) is 2.18. The molecule has 0 radical (unpaired) electrons. The molecule has 1 fully saturated rings. The molecular weight excluding hydrogens is 272 g/mol. The van der Waals surface area contributed by atoms with E-state index in [4.69, 9.17) is 0 Å². The number of nitrogens with one attached hydrogen (secondary N) is 2. The molecule has 3 rings (SSSR count). The highest BCUT2D eigenvalue weighted by molar-refractivity contribution is 7.20. The molecule has 108 valence electrons. The number of aryl methyl sites for hydroxylation is 2. The summed E-state index contributed by atoms with van der Waals surface area (Å²) in [6.45, 7) is 6.08. The summed E-state index contributed by atoms with van der Waals surface area (Å²) in [4.78, 5) is 14.2. The molecule has 0 aromatic carbocycles. The Kier molecular flexibility index (Phi) is 3.52. The molecule has 2 N–H and O–H groups in total. The van der Waals surface area contributed by atoms with Gasteiger partial charge in [-0.05, 0) is 31.9 Å². The number of hydrogen-bond donors (Lipinski definition) is 2. The number of aromatic nitrogens is 2. The predicted octanol–water partition coefficient (Wildman–Crippen LogP) is 1.67. The van der Waals surface area contributed by atoms with Crippen molar-refractivity contribution in [2.75, 3.05) is 13.1 Å². The zero-order valence-corrected chi connectivity index (χ0v) is 12.9. The van der Waals surface area contributed by atoms with Crippen LogP contribution in [0.15, 0.2) is 6.07 Å². The van der Waals surface area contributed by atoms with Gasteiger partial charge in [0.05, 0.1) is 10.6 Å². The van der Waals surface area contributed by atoms with Crippen LogP contribution in [0.25, 0.3) is 10.2 Å². The highest BCUT2D eigenvalue weighted by Gasteiger charge is 2.24. The quantitative estimate of drug-likeness (QED) is 0.885. The summed E-state index contributed by atoms with van der Waals surface area (Å²) in [6.07, 6.45) is 1.11. The van der Waals surface area contributed by atoms with Crippen molar-refractivity contribution in [2.24, 2.45) is 13.0 Å². The number of hydrogen-bond acceptors (Lipinski definition) is 4. The monoisotopic (exact) mass is 292 g/mol. The lowest BCUT2D eigenvalue weighted by atomic mass is 9.95. The lowest BCUT2D eigenvalue weighted by Gasteiger charge is -2.30. The minimum Gasteiger partial charge on any atom is -0.347 e. The average Bonchev–Trinajstić information content (AvgIpc) is 2.95. The molecule has 2 unspecified atom stereocenters. The molecule has 2 aromatic rings. The molecule has 1 amide bonds. The number of carbonyl (C=O) groups is 1. The number of piperidine rings is 1. The second-order valence-corrected chi connectivity index (χ2v) is 6.62. The molecule has 6 heteroatoms. The number of amides is 1. The second kappa shape index (κ2) is 5.18. The topological polar surface area (TPSA) is 59.0 Å². The molecule has 1 aliphatic rings. The van der Waals surface area contributed by atoms with E-state index in [-0.39, 0.29) is 11.9 Å². The molecule has 0 spiro atoms. The van der Waals surface area contributed by atoms with Gasteiger partial charge in [0.1, 0.15) is 4.83 Å². The molecule has 2 atom stereocenters. The third kappa shape index (κ3) is 2.33. The highest BCUT2D eigenvalue weighted by atomic mass is 32.1. The van der Waals surface area contributed by atoms with Crippen LogP contribution in [-0.2, 0) is 7.05 Å². The van der Waals surface area contributed by atoms with Gasteiger partial charge in [-0.25, -0.2) is 0 Å². The molecule has 1 aliphatic heterocycles. The summed E-state index contributed by atoms with van der Waals surface area (Å²) in [5, 5.41) is 11.9. The zero-order valence-electron chi connectivity index (χ0n) is 12.1. The van der Waals surface area contributed by atoms with E-state index in [0.717, 1.165) is 40.3 Å². The first-order valence-corrected chi connectivity index (χ1v) is 7.82. The van der Waals surface area contributed by atoms with Crippen LogP contribution in [0.4, 0.5) is 0 Å². The van der Waals surface area contributed by atoms with Gasteiger partial charge < -0.3 is 10.6 Å². The Bertz CT molecular complexity index is 610. The minimum absolute atomic E-state index is 0.0335. The normalized spacial score (nSPS) is 23.1. The van der Waals surface area contributed by atoms with Crippen molar-refractivity contribution >= 4 is 27.5 Å². The van der Waals surface area contributed by atoms with Crippen molar-refractivity contribution < 1.29 is 4.79 Å². The fraction of sp³-hybridized carbons (Fsp3) is 0.571. The predicted molar refractivity (Wildman–Crippen MR) is 81.2 cm³/mol. The van der Waals surface area contributed by atoms with Gasteiger partial charge in [-0.3, -0.25) is 9.48 Å². The van der Waals surface area contributed by atoms with Crippen molar-refractivity contribution in [3.05, 3.63) is 16.6 Å². The molecule has 5 nitrogen and oxygen atoms in total. The summed E-state index contributed by atoms with van der Waals surface area (Å²) < 4.78 is 1.84. The Balaban J connectivity index is 1.80. The van der Waals surface area contributed by atoms with E-state index in [9.17, 15) is 4.79 Å². The van der Waals surface area contributed by atoms with Crippen LogP contribution in [0, 0.1) is 12.8 Å². The van der Waals surface area contributed by atoms with Crippen LogP contribution in [0.5, 0.6) is 0 Å². The molecule has 1 saturated heterocycles. The summed E-state index contributed by atoms with van der Waals surface area (Å²) >= 11 is 1.51. The van der Waals surface area contributed by atoms with Gasteiger partial charge in [-0.15, -0.1) is 11.3 Å². The van der Waals surface area contributed by atoms with Gasteiger partial charge in [0.25, 0.3) is 5.91 Å². The first-order valence-electron chi connectivity index (χ1n) is 7.01. The van der Waals surface area contributed by atoms with Crippen molar-refractivity contribution in [1.29, 1.82) is 0 Å². The van der Waals surface area contributed by atoms with Crippen molar-refractivity contribution in [3.63, 3.8) is 0 Å². The molecular formula is C14H20N4OS. The number of rotatable bonds is 2. The van der Waals surface area contributed by atoms with Gasteiger partial charge in [0, 0.05) is 25.0 Å². The number of fused-ring (bicyclic) bond motifs is 1. The fourth-order valence-electron chi connectivity index (χ4n) is 2.74. The zero-order chi connectivity index (χ0) is 14.3. The molecule has 0 saturated carbocycles. The number of thiophene rings is 1. The lowest BCUT2D eigenvalue weighted by Crippen LogP contribution is -2.50. The van der Waals surface area contributed by atoms with Gasteiger partial charge in [-0.1, -0.05) is 6.92 Å². The lowest BCUT2D eigenvalue weighted by molar-refractivity contribution is 0.0919. The minimum atomic E-state index is 0.0335. The van der Waals surface area contributed by atoms with E-state index in [1.165, 1.54) is 11.3 Å². The van der Waals surface area contributed by atoms with E-state index < -0.39 is 0 Å². The van der Waals surface area contributed by atoms with E-state index in [2.05, 4.69) is 22.7 Å². The molecule has 0 bridgehead atoms. The maximum absolute atomic E-state index is 12.4. The second-order valence-electron chi connectivity index (χ2n) is 5.59. The van der Waals surface area contributed by atoms with Gasteiger partial charge in [-0.2, -0.15) is 5.10 Å². The first-order chi connectivity index (χ1) is 9.56. The van der Waals surface area contributed by atoms with E-state index in [1.807, 2.05) is 24.7 Å². The third-order valence-electron chi connectivity index (χ3n) is 4.06. The molecule has 20 heavy (non-hydrogen) atoms. The van der Waals surface area contributed by atoms with Gasteiger partial charge >= 0.3 is 0 Å². The number of nitrogens with zero attached hydrogens (tertiary/aromatic N) is 2. The highest BCUT2D eigenvalue weighted by Crippen LogP contribution is 2.27. The van der Waals surface area contributed by atoms with Crippen LogP contribution in [0.1, 0.15) is 28.7 Å². The first kappa shape index (κ1) is 13.6. The van der Waals surface area contributed by atoms with Crippen molar-refractivity contribution in [2.45, 2.75) is 26.3 Å². The SMILES string of the molecule is Cc1nn(C)c2sc(C(=O)NC3CNCCC3C)cc12. The van der Waals surface area contributed by atoms with Crippen LogP contribution in [0.3, 0.4) is 0 Å². The third-order valence-corrected chi connectivity index (χ3v) is 5.26. The van der Waals surface area contributed by atoms with E-state index in [0.29, 0.717) is 5.92 Å². The van der Waals surface area contributed by atoms with Crippen LogP contribution < -0.4 is 10.6 Å². The Labute approximate surface area is 122 Å². The molecule has 0 aliphatic carbocycles. The van der Waals surface area contributed by atoms with Crippen molar-refractivity contribution in [3.8, 4) is 0 Å². The smallest absolute Gasteiger partial charge is 0.261 e. The van der Waals surface area contributed by atoms with E-state index in [1.54, 1.807) is 0 Å². The summed E-state index contributed by atoms with van der Waals surface area (Å²) in [5.74, 6) is 0.559. The van der Waals surface area contributed by atoms with Gasteiger partial charge in [0.2, 0.25) is 0 Å². The van der Waals surface area contributed by atoms with Gasteiger partial charge in [0.15, 0.2) is 0 Å². The van der Waals surface area contributed by atoms with E-state index >= 15 is 0 Å². The summed E-state index contributed by atoms with van der Waals surface area (Å²) in [5.41, 5.74) is 0.977. The average molecular weight is 292 g/mol. The Morgan fingerprint density at radius 2 is 2.40 bits per heavy atom. The van der Waals surface area contributed by atoms with Crippen LogP contribution in [-0.4, -0.2) is 34.8 Å². The maximum Gasteiger partial charge on any atom is 0.261 e. The largest absolute Gasteiger partial charge is 0.347 e. The summed E-state index contributed by atoms with van der Waals surface area (Å²) in [7, 11) is 1.92. The van der Waals surface area contributed by atoms with Crippen molar-refractivity contribution in [1.82, 2.24) is 20.4 Å². The Morgan fingerprint density at radius 1 is 1.60 bits per heavy atom. The maximum atomic E-state index is 12.4. The molecule has 3 heterocycles. The fourth-order valence-corrected chi connectivity index (χ4v) is 3.77. The standard InChI is InChI=1S/C14H20N4OS/c1-8-4-5-15-7-11(8)16-13(19)12-6-10-9(2)17-18(3)14(10)20-12/h6,8,11,15H,4-5,7H2,1-3H3,(H,16,19). The van der Waals surface area contributed by atoms with Crippen LogP contribution >= 0.6 is 11.3 Å². The van der Waals surface area contributed by atoms with Crippen LogP contribution in [0.2, 0.25) is 0 Å².